The van der Waals surface area contributed by atoms with Crippen molar-refractivity contribution in [3.8, 4) is 0 Å². The predicted molar refractivity (Wildman–Crippen MR) is 103 cm³/mol. The Bertz CT molecular complexity index is 715. The zero-order valence-electron chi connectivity index (χ0n) is 16.3. The van der Waals surface area contributed by atoms with Crippen LogP contribution in [0.4, 0.5) is 4.79 Å². The molecule has 0 atom stereocenters. The smallest absolute Gasteiger partial charge is 0.339 e. The summed E-state index contributed by atoms with van der Waals surface area (Å²) in [6.45, 7) is 2.78. The number of nitrogens with zero attached hydrogens (tertiary/aromatic N) is 1. The first-order valence-electron chi connectivity index (χ1n) is 10.2. The Hall–Kier alpha value is -2.51. The SMILES string of the molecule is CCc1oc(C(=O)N2CCC(NC(=O)NC3CCCCC3)CC2)cc1C(=O)O. The molecule has 1 saturated carbocycles. The Morgan fingerprint density at radius 1 is 1.07 bits per heavy atom. The first-order valence-corrected chi connectivity index (χ1v) is 10.2. The third-order valence-electron chi connectivity index (χ3n) is 5.63. The van der Waals surface area contributed by atoms with Crippen molar-refractivity contribution in [3.05, 3.63) is 23.2 Å². The van der Waals surface area contributed by atoms with Crippen LogP contribution in [0.25, 0.3) is 0 Å². The highest BCUT2D eigenvalue weighted by Crippen LogP contribution is 2.21. The van der Waals surface area contributed by atoms with E-state index in [1.54, 1.807) is 11.8 Å². The number of rotatable bonds is 5. The molecule has 3 amide bonds. The largest absolute Gasteiger partial charge is 0.478 e. The number of aryl methyl sites for hydroxylation is 1. The number of urea groups is 1. The summed E-state index contributed by atoms with van der Waals surface area (Å²) in [6, 6.07) is 1.49. The van der Waals surface area contributed by atoms with Crippen LogP contribution in [-0.2, 0) is 6.42 Å². The van der Waals surface area contributed by atoms with E-state index in [-0.39, 0.29) is 35.3 Å². The van der Waals surface area contributed by atoms with Gasteiger partial charge in [-0.25, -0.2) is 9.59 Å². The third-order valence-corrected chi connectivity index (χ3v) is 5.63. The lowest BCUT2D eigenvalue weighted by Crippen LogP contribution is -2.51. The van der Waals surface area contributed by atoms with Crippen LogP contribution in [0.15, 0.2) is 10.5 Å². The van der Waals surface area contributed by atoms with Gasteiger partial charge in [-0.15, -0.1) is 0 Å². The van der Waals surface area contributed by atoms with Crippen LogP contribution in [-0.4, -0.2) is 53.1 Å². The van der Waals surface area contributed by atoms with E-state index >= 15 is 0 Å². The van der Waals surface area contributed by atoms with Gasteiger partial charge in [-0.05, 0) is 25.7 Å². The molecule has 0 radical (unpaired) electrons. The van der Waals surface area contributed by atoms with Crippen LogP contribution in [0.1, 0.15) is 78.5 Å². The molecule has 0 aromatic carbocycles. The van der Waals surface area contributed by atoms with E-state index in [1.807, 2.05) is 0 Å². The molecule has 1 aromatic heterocycles. The summed E-state index contributed by atoms with van der Waals surface area (Å²) in [5.74, 6) is -1.01. The maximum atomic E-state index is 12.6. The number of carboxylic acids is 1. The van der Waals surface area contributed by atoms with Gasteiger partial charge in [0.25, 0.3) is 5.91 Å². The molecule has 8 heteroatoms. The highest BCUT2D eigenvalue weighted by atomic mass is 16.4. The van der Waals surface area contributed by atoms with Gasteiger partial charge in [0.1, 0.15) is 11.3 Å². The summed E-state index contributed by atoms with van der Waals surface area (Å²) >= 11 is 0. The van der Waals surface area contributed by atoms with Gasteiger partial charge in [-0.2, -0.15) is 0 Å². The number of hydrogen-bond donors (Lipinski definition) is 3. The molecule has 1 aliphatic carbocycles. The number of aromatic carboxylic acids is 1. The van der Waals surface area contributed by atoms with Crippen molar-refractivity contribution in [1.29, 1.82) is 0 Å². The third kappa shape index (κ3) is 4.85. The molecule has 2 fully saturated rings. The maximum absolute atomic E-state index is 12.6. The average molecular weight is 391 g/mol. The van der Waals surface area contributed by atoms with Gasteiger partial charge >= 0.3 is 12.0 Å². The Morgan fingerprint density at radius 3 is 2.21 bits per heavy atom. The van der Waals surface area contributed by atoms with Crippen molar-refractivity contribution in [1.82, 2.24) is 15.5 Å². The average Bonchev–Trinajstić information content (AvgIpc) is 3.13. The van der Waals surface area contributed by atoms with E-state index in [2.05, 4.69) is 10.6 Å². The van der Waals surface area contributed by atoms with Crippen LogP contribution in [0, 0.1) is 0 Å². The minimum Gasteiger partial charge on any atom is -0.478 e. The van der Waals surface area contributed by atoms with Crippen molar-refractivity contribution < 1.29 is 23.9 Å². The summed E-state index contributed by atoms with van der Waals surface area (Å²) in [4.78, 5) is 37.7. The van der Waals surface area contributed by atoms with Gasteiger partial charge in [-0.1, -0.05) is 26.2 Å². The second kappa shape index (κ2) is 9.12. The first-order chi connectivity index (χ1) is 13.5. The van der Waals surface area contributed by atoms with Gasteiger partial charge in [0.05, 0.1) is 0 Å². The van der Waals surface area contributed by atoms with Crippen molar-refractivity contribution in [2.24, 2.45) is 0 Å². The first kappa shape index (κ1) is 20.2. The second-order valence-electron chi connectivity index (χ2n) is 7.63. The van der Waals surface area contributed by atoms with Gasteiger partial charge < -0.3 is 25.1 Å². The minimum absolute atomic E-state index is 0.0324. The van der Waals surface area contributed by atoms with Crippen LogP contribution in [0.5, 0.6) is 0 Å². The highest BCUT2D eigenvalue weighted by Gasteiger charge is 2.28. The molecule has 3 N–H and O–H groups in total. The molecule has 1 aromatic rings. The second-order valence-corrected chi connectivity index (χ2v) is 7.63. The van der Waals surface area contributed by atoms with E-state index in [9.17, 15) is 19.5 Å². The molecule has 154 valence electrons. The van der Waals surface area contributed by atoms with Crippen LogP contribution in [0.3, 0.4) is 0 Å². The molecule has 0 spiro atoms. The highest BCUT2D eigenvalue weighted by molar-refractivity contribution is 5.96. The number of carbonyl (C=O) groups is 3. The van der Waals surface area contributed by atoms with E-state index in [0.29, 0.717) is 38.1 Å². The fourth-order valence-corrected chi connectivity index (χ4v) is 4.02. The molecule has 2 heterocycles. The number of hydrogen-bond acceptors (Lipinski definition) is 4. The molecule has 0 unspecified atom stereocenters. The quantitative estimate of drug-likeness (QED) is 0.714. The number of carboxylic acid groups (broad SMARTS) is 1. The van der Waals surface area contributed by atoms with Crippen molar-refractivity contribution in [2.75, 3.05) is 13.1 Å². The van der Waals surface area contributed by atoms with Gasteiger partial charge in [0.15, 0.2) is 5.76 Å². The normalized spacial score (nSPS) is 18.7. The number of piperidine rings is 1. The number of likely N-dealkylation sites (tertiary alicyclic amines) is 1. The Kier molecular flexibility index (Phi) is 6.59. The topological polar surface area (TPSA) is 112 Å². The minimum atomic E-state index is -1.09. The summed E-state index contributed by atoms with van der Waals surface area (Å²) in [6.07, 6.45) is 7.41. The fraction of sp³-hybridized carbons (Fsp3) is 0.650. The molecular weight excluding hydrogens is 362 g/mol. The molecular formula is C20H29N3O5. The van der Waals surface area contributed by atoms with Crippen LogP contribution >= 0.6 is 0 Å². The van der Waals surface area contributed by atoms with Crippen LogP contribution < -0.4 is 10.6 Å². The number of amides is 3. The summed E-state index contributed by atoms with van der Waals surface area (Å²) in [7, 11) is 0. The van der Waals surface area contributed by atoms with Gasteiger partial charge in [0.2, 0.25) is 0 Å². The van der Waals surface area contributed by atoms with E-state index in [4.69, 9.17) is 4.42 Å². The summed E-state index contributed by atoms with van der Waals surface area (Å²) in [5.41, 5.74) is 0.0433. The van der Waals surface area contributed by atoms with Crippen molar-refractivity contribution in [3.63, 3.8) is 0 Å². The van der Waals surface area contributed by atoms with Crippen LogP contribution in [0.2, 0.25) is 0 Å². The zero-order chi connectivity index (χ0) is 20.1. The number of carbonyl (C=O) groups excluding carboxylic acids is 2. The molecule has 8 nitrogen and oxygen atoms in total. The van der Waals surface area contributed by atoms with Crippen molar-refractivity contribution in [2.45, 2.75) is 70.4 Å². The number of furan rings is 1. The van der Waals surface area contributed by atoms with E-state index in [0.717, 1.165) is 12.8 Å². The van der Waals surface area contributed by atoms with E-state index in [1.165, 1.54) is 25.3 Å². The van der Waals surface area contributed by atoms with E-state index < -0.39 is 5.97 Å². The van der Waals surface area contributed by atoms with Gasteiger partial charge in [-0.3, -0.25) is 4.79 Å². The molecule has 3 rings (SSSR count). The molecule has 1 saturated heterocycles. The van der Waals surface area contributed by atoms with Gasteiger partial charge in [0, 0.05) is 37.7 Å². The maximum Gasteiger partial charge on any atom is 0.339 e. The summed E-state index contributed by atoms with van der Waals surface area (Å²) in [5, 5.41) is 15.3. The fourth-order valence-electron chi connectivity index (χ4n) is 4.02. The lowest BCUT2D eigenvalue weighted by Gasteiger charge is -2.32. The monoisotopic (exact) mass is 391 g/mol. The summed E-state index contributed by atoms with van der Waals surface area (Å²) < 4.78 is 5.46. The zero-order valence-corrected chi connectivity index (χ0v) is 16.3. The molecule has 28 heavy (non-hydrogen) atoms. The molecule has 0 bridgehead atoms. The molecule has 1 aliphatic heterocycles. The predicted octanol–water partition coefficient (Wildman–Crippen LogP) is 2.78. The Labute approximate surface area is 164 Å². The standard InChI is InChI=1S/C20H29N3O5/c1-2-16-15(19(25)26)12-17(28-16)18(24)23-10-8-14(9-11-23)22-20(27)21-13-6-4-3-5-7-13/h12-14H,2-11H2,1H3,(H,25,26)(H2,21,22,27). The Balaban J connectivity index is 1.48. The Morgan fingerprint density at radius 2 is 1.68 bits per heavy atom. The molecule has 2 aliphatic rings. The van der Waals surface area contributed by atoms with Crippen molar-refractivity contribution >= 4 is 17.9 Å². The lowest BCUT2D eigenvalue weighted by molar-refractivity contribution is 0.0669. The number of nitrogens with one attached hydrogen (secondary N) is 2. The lowest BCUT2D eigenvalue weighted by atomic mass is 9.96.